The summed E-state index contributed by atoms with van der Waals surface area (Å²) in [6.07, 6.45) is 0. The number of ether oxygens (including phenoxy) is 2. The van der Waals surface area contributed by atoms with E-state index in [4.69, 9.17) is 9.47 Å². The Morgan fingerprint density at radius 2 is 1.70 bits per heavy atom. The SMILES string of the molecule is CNc1ccc(C(=O)c2ccccc2C(=O)OCC(=O)OC(C)(C)C)cc1[N+](=O)[O-]. The second-order valence-corrected chi connectivity index (χ2v) is 7.28. The quantitative estimate of drug-likeness (QED) is 0.316. The maximum Gasteiger partial charge on any atom is 0.344 e. The van der Waals surface area contributed by atoms with Crippen LogP contribution in [-0.2, 0) is 14.3 Å². The van der Waals surface area contributed by atoms with E-state index in [2.05, 4.69) is 5.32 Å². The van der Waals surface area contributed by atoms with Gasteiger partial charge >= 0.3 is 11.9 Å². The van der Waals surface area contributed by atoms with Crippen molar-refractivity contribution in [3.8, 4) is 0 Å². The van der Waals surface area contributed by atoms with Crippen molar-refractivity contribution in [1.82, 2.24) is 0 Å². The molecule has 0 spiro atoms. The number of hydrogen-bond donors (Lipinski definition) is 1. The Balaban J connectivity index is 2.27. The molecule has 0 amide bonds. The third-order valence-electron chi connectivity index (χ3n) is 3.86. The highest BCUT2D eigenvalue weighted by Crippen LogP contribution is 2.27. The standard InChI is InChI=1S/C21H22N2O7/c1-21(2,3)30-18(24)12-29-20(26)15-8-6-5-7-14(15)19(25)13-9-10-16(22-4)17(11-13)23(27)28/h5-11,22H,12H2,1-4H3. The smallest absolute Gasteiger partial charge is 0.344 e. The van der Waals surface area contributed by atoms with E-state index in [0.29, 0.717) is 0 Å². The van der Waals surface area contributed by atoms with Crippen LogP contribution < -0.4 is 5.32 Å². The number of nitro benzene ring substituents is 1. The van der Waals surface area contributed by atoms with E-state index in [1.54, 1.807) is 26.8 Å². The molecule has 0 aliphatic carbocycles. The van der Waals surface area contributed by atoms with Crippen LogP contribution in [0.4, 0.5) is 11.4 Å². The lowest BCUT2D eigenvalue weighted by Gasteiger charge is -2.19. The van der Waals surface area contributed by atoms with E-state index in [9.17, 15) is 24.5 Å². The van der Waals surface area contributed by atoms with Gasteiger partial charge in [-0.05, 0) is 39.0 Å². The molecule has 30 heavy (non-hydrogen) atoms. The highest BCUT2D eigenvalue weighted by atomic mass is 16.6. The molecule has 9 nitrogen and oxygen atoms in total. The molecular formula is C21H22N2O7. The first kappa shape index (κ1) is 22.5. The number of benzene rings is 2. The third-order valence-corrected chi connectivity index (χ3v) is 3.86. The van der Waals surface area contributed by atoms with Gasteiger partial charge < -0.3 is 14.8 Å². The van der Waals surface area contributed by atoms with Gasteiger partial charge in [-0.15, -0.1) is 0 Å². The molecule has 0 aromatic heterocycles. The Bertz CT molecular complexity index is 993. The van der Waals surface area contributed by atoms with Gasteiger partial charge in [-0.25, -0.2) is 9.59 Å². The number of ketones is 1. The first-order valence-electron chi connectivity index (χ1n) is 9.02. The van der Waals surface area contributed by atoms with Gasteiger partial charge in [-0.3, -0.25) is 14.9 Å². The second kappa shape index (κ2) is 9.17. The minimum absolute atomic E-state index is 0.00167. The molecule has 0 aliphatic rings. The van der Waals surface area contributed by atoms with E-state index < -0.39 is 34.9 Å². The molecule has 0 radical (unpaired) electrons. The average Bonchev–Trinajstić information content (AvgIpc) is 2.69. The van der Waals surface area contributed by atoms with Gasteiger partial charge in [0.2, 0.25) is 0 Å². The van der Waals surface area contributed by atoms with Crippen molar-refractivity contribution >= 4 is 29.1 Å². The summed E-state index contributed by atoms with van der Waals surface area (Å²) in [4.78, 5) is 47.8. The number of nitro groups is 1. The molecule has 1 N–H and O–H groups in total. The number of carbonyl (C=O) groups is 3. The van der Waals surface area contributed by atoms with Crippen LogP contribution in [0.25, 0.3) is 0 Å². The number of rotatable bonds is 7. The lowest BCUT2D eigenvalue weighted by Crippen LogP contribution is -2.27. The minimum Gasteiger partial charge on any atom is -0.457 e. The van der Waals surface area contributed by atoms with Gasteiger partial charge in [-0.1, -0.05) is 18.2 Å². The fourth-order valence-corrected chi connectivity index (χ4v) is 2.62. The van der Waals surface area contributed by atoms with E-state index in [-0.39, 0.29) is 28.1 Å². The monoisotopic (exact) mass is 414 g/mol. The normalized spacial score (nSPS) is 10.8. The fourth-order valence-electron chi connectivity index (χ4n) is 2.62. The van der Waals surface area contributed by atoms with Gasteiger partial charge in [0.25, 0.3) is 5.69 Å². The van der Waals surface area contributed by atoms with Crippen LogP contribution in [0, 0.1) is 10.1 Å². The number of nitrogens with zero attached hydrogens (tertiary/aromatic N) is 1. The highest BCUT2D eigenvalue weighted by molar-refractivity contribution is 6.15. The van der Waals surface area contributed by atoms with Crippen LogP contribution in [-0.4, -0.2) is 41.9 Å². The van der Waals surface area contributed by atoms with Crippen molar-refractivity contribution < 1.29 is 28.8 Å². The lowest BCUT2D eigenvalue weighted by molar-refractivity contribution is -0.384. The molecule has 0 unspecified atom stereocenters. The zero-order valence-corrected chi connectivity index (χ0v) is 17.1. The molecule has 2 rings (SSSR count). The zero-order chi connectivity index (χ0) is 22.5. The summed E-state index contributed by atoms with van der Waals surface area (Å²) in [5, 5.41) is 13.9. The van der Waals surface area contributed by atoms with Crippen LogP contribution in [0.2, 0.25) is 0 Å². The molecule has 0 aliphatic heterocycles. The van der Waals surface area contributed by atoms with Crippen molar-refractivity contribution in [2.45, 2.75) is 26.4 Å². The highest BCUT2D eigenvalue weighted by Gasteiger charge is 2.23. The predicted octanol–water partition coefficient (Wildman–Crippen LogP) is 3.37. The molecule has 2 aromatic carbocycles. The van der Waals surface area contributed by atoms with Crippen molar-refractivity contribution in [2.75, 3.05) is 19.0 Å². The van der Waals surface area contributed by atoms with Crippen LogP contribution in [0.5, 0.6) is 0 Å². The molecule has 158 valence electrons. The Morgan fingerprint density at radius 1 is 1.07 bits per heavy atom. The van der Waals surface area contributed by atoms with E-state index >= 15 is 0 Å². The van der Waals surface area contributed by atoms with Crippen LogP contribution in [0.3, 0.4) is 0 Å². The molecule has 0 saturated carbocycles. The molecule has 0 atom stereocenters. The van der Waals surface area contributed by atoms with Gasteiger partial charge in [0, 0.05) is 24.2 Å². The lowest BCUT2D eigenvalue weighted by atomic mass is 9.97. The Labute approximate surface area is 173 Å². The fraction of sp³-hybridized carbons (Fsp3) is 0.286. The van der Waals surface area contributed by atoms with Crippen LogP contribution >= 0.6 is 0 Å². The molecular weight excluding hydrogens is 392 g/mol. The molecule has 0 bridgehead atoms. The molecule has 0 saturated heterocycles. The van der Waals surface area contributed by atoms with Crippen molar-refractivity contribution in [2.24, 2.45) is 0 Å². The van der Waals surface area contributed by atoms with Gasteiger partial charge in [0.15, 0.2) is 12.4 Å². The number of nitrogens with one attached hydrogen (secondary N) is 1. The van der Waals surface area contributed by atoms with Gasteiger partial charge in [0.05, 0.1) is 10.5 Å². The average molecular weight is 414 g/mol. The molecule has 0 heterocycles. The second-order valence-electron chi connectivity index (χ2n) is 7.28. The molecule has 2 aromatic rings. The predicted molar refractivity (Wildman–Crippen MR) is 109 cm³/mol. The van der Waals surface area contributed by atoms with E-state index in [0.717, 1.165) is 6.07 Å². The van der Waals surface area contributed by atoms with Crippen molar-refractivity contribution in [3.05, 3.63) is 69.3 Å². The Hall–Kier alpha value is -3.75. The topological polar surface area (TPSA) is 125 Å². The van der Waals surface area contributed by atoms with Crippen molar-refractivity contribution in [1.29, 1.82) is 0 Å². The summed E-state index contributed by atoms with van der Waals surface area (Å²) in [5.74, 6) is -2.20. The third kappa shape index (κ3) is 5.63. The number of carbonyl (C=O) groups excluding carboxylic acids is 3. The minimum atomic E-state index is -0.883. The summed E-state index contributed by atoms with van der Waals surface area (Å²) < 4.78 is 10.1. The number of esters is 2. The van der Waals surface area contributed by atoms with Crippen LogP contribution in [0.15, 0.2) is 42.5 Å². The van der Waals surface area contributed by atoms with E-state index in [1.807, 2.05) is 0 Å². The first-order valence-corrected chi connectivity index (χ1v) is 9.02. The summed E-state index contributed by atoms with van der Waals surface area (Å²) in [5.41, 5.74) is -0.779. The maximum atomic E-state index is 12.9. The first-order chi connectivity index (χ1) is 14.0. The largest absolute Gasteiger partial charge is 0.457 e. The zero-order valence-electron chi connectivity index (χ0n) is 17.1. The summed E-state index contributed by atoms with van der Waals surface area (Å²) >= 11 is 0. The summed E-state index contributed by atoms with van der Waals surface area (Å²) in [6, 6.07) is 9.84. The Morgan fingerprint density at radius 3 is 2.27 bits per heavy atom. The number of hydrogen-bond acceptors (Lipinski definition) is 8. The Kier molecular flexibility index (Phi) is 6.89. The van der Waals surface area contributed by atoms with E-state index in [1.165, 1.54) is 37.4 Å². The summed E-state index contributed by atoms with van der Waals surface area (Å²) in [7, 11) is 1.53. The maximum absolute atomic E-state index is 12.9. The van der Waals surface area contributed by atoms with Crippen molar-refractivity contribution in [3.63, 3.8) is 0 Å². The summed E-state index contributed by atoms with van der Waals surface area (Å²) in [6.45, 7) is 4.43. The van der Waals surface area contributed by atoms with Gasteiger partial charge in [-0.2, -0.15) is 0 Å². The number of anilines is 1. The molecule has 9 heteroatoms. The van der Waals surface area contributed by atoms with Gasteiger partial charge in [0.1, 0.15) is 11.3 Å². The van der Waals surface area contributed by atoms with Crippen LogP contribution in [0.1, 0.15) is 47.1 Å². The molecule has 0 fully saturated rings.